The molecule has 3 heterocycles. The summed E-state index contributed by atoms with van der Waals surface area (Å²) in [4.78, 5) is 21.8. The molecule has 6 heteroatoms. The number of hydrogen-bond acceptors (Lipinski definition) is 4. The quantitative estimate of drug-likeness (QED) is 0.705. The number of anilines is 1. The maximum Gasteiger partial charge on any atom is 0.330 e. The van der Waals surface area contributed by atoms with E-state index in [2.05, 4.69) is 17.5 Å². The van der Waals surface area contributed by atoms with Crippen LogP contribution in [0.1, 0.15) is 11.3 Å². The monoisotopic (exact) mass is 398 g/mol. The molecule has 0 spiro atoms. The Kier molecular flexibility index (Phi) is 4.69. The van der Waals surface area contributed by atoms with Crippen LogP contribution in [-0.2, 0) is 13.2 Å². The summed E-state index contributed by atoms with van der Waals surface area (Å²) in [5, 5.41) is 14.0. The Morgan fingerprint density at radius 3 is 2.87 bits per heavy atom. The molecule has 0 unspecified atom stereocenters. The minimum atomic E-state index is -0.110. The molecule has 2 aliphatic rings. The maximum absolute atomic E-state index is 13.5. The van der Waals surface area contributed by atoms with Gasteiger partial charge >= 0.3 is 6.03 Å². The van der Waals surface area contributed by atoms with E-state index >= 15 is 0 Å². The fraction of sp³-hybridized carbons (Fsp3) is 0.167. The molecule has 5 rings (SSSR count). The summed E-state index contributed by atoms with van der Waals surface area (Å²) in [5.41, 5.74) is 4.32. The summed E-state index contributed by atoms with van der Waals surface area (Å²) < 4.78 is 0. The lowest BCUT2D eigenvalue weighted by Crippen LogP contribution is -2.52. The van der Waals surface area contributed by atoms with Crippen molar-refractivity contribution in [3.05, 3.63) is 95.5 Å². The lowest BCUT2D eigenvalue weighted by atomic mass is 10.1. The number of nitrogens with zero attached hydrogens (tertiary/aromatic N) is 3. The van der Waals surface area contributed by atoms with Gasteiger partial charge in [-0.25, -0.2) is 9.69 Å². The van der Waals surface area contributed by atoms with Crippen LogP contribution in [0.4, 0.5) is 10.5 Å². The molecular formula is C24H22N4O2. The van der Waals surface area contributed by atoms with E-state index in [1.54, 1.807) is 9.80 Å². The third-order valence-electron chi connectivity index (χ3n) is 5.42. The van der Waals surface area contributed by atoms with Crippen molar-refractivity contribution in [2.24, 2.45) is 0 Å². The first-order valence-corrected chi connectivity index (χ1v) is 10.00. The molecule has 30 heavy (non-hydrogen) atoms. The van der Waals surface area contributed by atoms with Crippen molar-refractivity contribution < 1.29 is 9.90 Å². The SMILES string of the molecule is O=C1N(Cc2ccc3ccccc3n2)CC2=C(NCC=C2)N1c1cccc(CO)c1. The highest BCUT2D eigenvalue weighted by atomic mass is 16.3. The van der Waals surface area contributed by atoms with E-state index in [4.69, 9.17) is 4.98 Å². The van der Waals surface area contributed by atoms with Crippen molar-refractivity contribution in [1.29, 1.82) is 0 Å². The number of aliphatic hydroxyl groups is 1. The molecule has 1 aromatic heterocycles. The van der Waals surface area contributed by atoms with Crippen LogP contribution < -0.4 is 10.2 Å². The Labute approximate surface area is 174 Å². The van der Waals surface area contributed by atoms with E-state index in [0.29, 0.717) is 19.6 Å². The van der Waals surface area contributed by atoms with Crippen LogP contribution in [0.15, 0.2) is 84.2 Å². The summed E-state index contributed by atoms with van der Waals surface area (Å²) in [5.74, 6) is 0.806. The van der Waals surface area contributed by atoms with Gasteiger partial charge in [-0.05, 0) is 29.8 Å². The van der Waals surface area contributed by atoms with Gasteiger partial charge in [0.25, 0.3) is 0 Å². The Balaban J connectivity index is 1.51. The fourth-order valence-electron chi connectivity index (χ4n) is 3.96. The van der Waals surface area contributed by atoms with Crippen LogP contribution in [-0.4, -0.2) is 34.1 Å². The number of para-hydroxylation sites is 1. The van der Waals surface area contributed by atoms with Crippen molar-refractivity contribution >= 4 is 22.6 Å². The summed E-state index contributed by atoms with van der Waals surface area (Å²) in [6.45, 7) is 1.54. The number of amides is 2. The Morgan fingerprint density at radius 2 is 1.97 bits per heavy atom. The molecule has 0 atom stereocenters. The number of dihydropyridines is 1. The molecule has 2 aliphatic heterocycles. The van der Waals surface area contributed by atoms with Gasteiger partial charge in [0.05, 0.1) is 36.6 Å². The van der Waals surface area contributed by atoms with Gasteiger partial charge in [-0.2, -0.15) is 0 Å². The Morgan fingerprint density at radius 1 is 1.07 bits per heavy atom. The van der Waals surface area contributed by atoms with E-state index in [9.17, 15) is 9.90 Å². The van der Waals surface area contributed by atoms with E-state index in [1.165, 1.54) is 0 Å². The van der Waals surface area contributed by atoms with Gasteiger partial charge < -0.3 is 15.3 Å². The molecular weight excluding hydrogens is 376 g/mol. The van der Waals surface area contributed by atoms with Crippen LogP contribution >= 0.6 is 0 Å². The number of rotatable bonds is 4. The van der Waals surface area contributed by atoms with Gasteiger partial charge in [-0.3, -0.25) is 4.98 Å². The summed E-state index contributed by atoms with van der Waals surface area (Å²) >= 11 is 0. The fourth-order valence-corrected chi connectivity index (χ4v) is 3.96. The van der Waals surface area contributed by atoms with Crippen LogP contribution in [0.2, 0.25) is 0 Å². The standard InChI is InChI=1S/C24H22N4O2/c29-16-17-5-3-8-21(13-17)28-23-19(7-4-12-25-23)14-27(24(28)30)15-20-11-10-18-6-1-2-9-22(18)26-20/h1-11,13,25,29H,12,14-16H2. The van der Waals surface area contributed by atoms with Crippen LogP contribution in [0, 0.1) is 0 Å². The zero-order chi connectivity index (χ0) is 20.5. The third kappa shape index (κ3) is 3.31. The van der Waals surface area contributed by atoms with Gasteiger partial charge in [0, 0.05) is 17.5 Å². The van der Waals surface area contributed by atoms with Crippen LogP contribution in [0.3, 0.4) is 0 Å². The molecule has 150 valence electrons. The largest absolute Gasteiger partial charge is 0.392 e. The molecule has 2 aromatic carbocycles. The zero-order valence-corrected chi connectivity index (χ0v) is 16.5. The highest BCUT2D eigenvalue weighted by Crippen LogP contribution is 2.29. The van der Waals surface area contributed by atoms with Gasteiger partial charge in [0.15, 0.2) is 0 Å². The molecule has 2 N–H and O–H groups in total. The van der Waals surface area contributed by atoms with E-state index in [0.717, 1.165) is 39.2 Å². The molecule has 0 fully saturated rings. The smallest absolute Gasteiger partial charge is 0.330 e. The predicted octanol–water partition coefficient (Wildman–Crippen LogP) is 3.54. The highest BCUT2D eigenvalue weighted by molar-refractivity contribution is 5.97. The second kappa shape index (κ2) is 7.65. The first-order chi connectivity index (χ1) is 14.7. The van der Waals surface area contributed by atoms with E-state index in [1.807, 2.05) is 60.7 Å². The molecule has 2 amide bonds. The second-order valence-corrected chi connectivity index (χ2v) is 7.45. The maximum atomic E-state index is 13.5. The number of urea groups is 1. The second-order valence-electron chi connectivity index (χ2n) is 7.45. The van der Waals surface area contributed by atoms with Gasteiger partial charge in [-0.1, -0.05) is 48.6 Å². The van der Waals surface area contributed by atoms with Crippen molar-refractivity contribution in [3.8, 4) is 0 Å². The van der Waals surface area contributed by atoms with Crippen molar-refractivity contribution in [2.75, 3.05) is 18.0 Å². The summed E-state index contributed by atoms with van der Waals surface area (Å²) in [6.07, 6.45) is 4.13. The number of carbonyl (C=O) groups is 1. The highest BCUT2D eigenvalue weighted by Gasteiger charge is 2.34. The minimum Gasteiger partial charge on any atom is -0.392 e. The number of aromatic nitrogens is 1. The number of hydrogen-bond donors (Lipinski definition) is 2. The van der Waals surface area contributed by atoms with Crippen molar-refractivity contribution in [3.63, 3.8) is 0 Å². The van der Waals surface area contributed by atoms with Gasteiger partial charge in [0.1, 0.15) is 5.82 Å². The van der Waals surface area contributed by atoms with Gasteiger partial charge in [-0.15, -0.1) is 0 Å². The lowest BCUT2D eigenvalue weighted by Gasteiger charge is -2.39. The average Bonchev–Trinajstić information content (AvgIpc) is 2.79. The summed E-state index contributed by atoms with van der Waals surface area (Å²) in [7, 11) is 0. The molecule has 0 radical (unpaired) electrons. The lowest BCUT2D eigenvalue weighted by molar-refractivity contribution is 0.203. The third-order valence-corrected chi connectivity index (χ3v) is 5.42. The predicted molar refractivity (Wildman–Crippen MR) is 117 cm³/mol. The molecule has 0 saturated heterocycles. The topological polar surface area (TPSA) is 68.7 Å². The van der Waals surface area contributed by atoms with Crippen LogP contribution in [0.5, 0.6) is 0 Å². The number of nitrogens with one attached hydrogen (secondary N) is 1. The molecule has 6 nitrogen and oxygen atoms in total. The minimum absolute atomic E-state index is 0.0696. The summed E-state index contributed by atoms with van der Waals surface area (Å²) in [6, 6.07) is 19.3. The molecule has 0 bridgehead atoms. The molecule has 0 aliphatic carbocycles. The number of fused-ring (bicyclic) bond motifs is 1. The van der Waals surface area contributed by atoms with E-state index in [-0.39, 0.29) is 12.6 Å². The average molecular weight is 398 g/mol. The Hall–Kier alpha value is -3.64. The zero-order valence-electron chi connectivity index (χ0n) is 16.5. The van der Waals surface area contributed by atoms with E-state index < -0.39 is 0 Å². The first-order valence-electron chi connectivity index (χ1n) is 10.00. The number of pyridine rings is 1. The number of carbonyl (C=O) groups excluding carboxylic acids is 1. The van der Waals surface area contributed by atoms with Crippen molar-refractivity contribution in [1.82, 2.24) is 15.2 Å². The van der Waals surface area contributed by atoms with Crippen molar-refractivity contribution in [2.45, 2.75) is 13.2 Å². The number of aliphatic hydroxyl groups excluding tert-OH is 1. The van der Waals surface area contributed by atoms with Gasteiger partial charge in [0.2, 0.25) is 0 Å². The Bertz CT molecular complexity index is 1180. The number of benzene rings is 2. The molecule has 0 saturated carbocycles. The normalized spacial score (nSPS) is 16.1. The van der Waals surface area contributed by atoms with Crippen LogP contribution in [0.25, 0.3) is 10.9 Å². The first kappa shape index (κ1) is 18.4. The molecule has 3 aromatic rings.